The summed E-state index contributed by atoms with van der Waals surface area (Å²) < 4.78 is 10.6. The first kappa shape index (κ1) is 15.4. The van der Waals surface area contributed by atoms with Crippen LogP contribution in [0.5, 0.6) is 11.5 Å². The van der Waals surface area contributed by atoms with Crippen molar-refractivity contribution in [3.8, 4) is 11.5 Å². The number of allylic oxidation sites excluding steroid dienone is 2. The van der Waals surface area contributed by atoms with Crippen LogP contribution >= 0.6 is 0 Å². The zero-order chi connectivity index (χ0) is 15.2. The molecule has 2 rings (SSSR count). The van der Waals surface area contributed by atoms with Crippen molar-refractivity contribution < 1.29 is 14.7 Å². The zero-order valence-corrected chi connectivity index (χ0v) is 13.0. The standard InChI is InChI=1S/C17H23NO3/c1-4-5-6-12-7-9-14(18-19)17(12)13-8-10-15(20-2)16(11-13)21-3/h8,10-11,19H,4-7,9H2,1-3H3/b18-14+. The van der Waals surface area contributed by atoms with Gasteiger partial charge in [0, 0.05) is 5.57 Å². The number of oxime groups is 1. The average molecular weight is 289 g/mol. The average Bonchev–Trinajstić information content (AvgIpc) is 2.95. The molecule has 114 valence electrons. The van der Waals surface area contributed by atoms with Crippen molar-refractivity contribution in [3.63, 3.8) is 0 Å². The Hall–Kier alpha value is -1.97. The van der Waals surface area contributed by atoms with Gasteiger partial charge >= 0.3 is 0 Å². The predicted molar refractivity (Wildman–Crippen MR) is 84.4 cm³/mol. The van der Waals surface area contributed by atoms with Crippen LogP contribution in [0.3, 0.4) is 0 Å². The van der Waals surface area contributed by atoms with Gasteiger partial charge in [-0.25, -0.2) is 0 Å². The van der Waals surface area contributed by atoms with E-state index in [1.54, 1.807) is 14.2 Å². The summed E-state index contributed by atoms with van der Waals surface area (Å²) in [5.74, 6) is 1.40. The summed E-state index contributed by atoms with van der Waals surface area (Å²) in [6.45, 7) is 2.19. The molecule has 0 unspecified atom stereocenters. The van der Waals surface area contributed by atoms with E-state index in [1.165, 1.54) is 5.57 Å². The minimum absolute atomic E-state index is 0.696. The molecule has 0 aliphatic heterocycles. The van der Waals surface area contributed by atoms with Crippen LogP contribution in [0.2, 0.25) is 0 Å². The number of hydrogen-bond acceptors (Lipinski definition) is 4. The van der Waals surface area contributed by atoms with Gasteiger partial charge in [-0.05, 0) is 43.4 Å². The Balaban J connectivity index is 2.44. The predicted octanol–water partition coefficient (Wildman–Crippen LogP) is 4.27. The van der Waals surface area contributed by atoms with E-state index in [-0.39, 0.29) is 0 Å². The highest BCUT2D eigenvalue weighted by molar-refractivity contribution is 6.26. The van der Waals surface area contributed by atoms with Crippen LogP contribution < -0.4 is 9.47 Å². The van der Waals surface area contributed by atoms with Crippen molar-refractivity contribution in [2.24, 2.45) is 5.16 Å². The van der Waals surface area contributed by atoms with Crippen LogP contribution in [0, 0.1) is 0 Å². The van der Waals surface area contributed by atoms with Gasteiger partial charge in [0.05, 0.1) is 19.9 Å². The van der Waals surface area contributed by atoms with Crippen molar-refractivity contribution in [3.05, 3.63) is 29.3 Å². The summed E-state index contributed by atoms with van der Waals surface area (Å²) in [6.07, 6.45) is 5.15. The van der Waals surface area contributed by atoms with Gasteiger partial charge in [0.2, 0.25) is 0 Å². The summed E-state index contributed by atoms with van der Waals surface area (Å²) in [5, 5.41) is 12.8. The number of ether oxygens (including phenoxy) is 2. The first-order chi connectivity index (χ1) is 10.2. The maximum Gasteiger partial charge on any atom is 0.161 e. The Bertz CT molecular complexity index is 561. The highest BCUT2D eigenvalue weighted by Gasteiger charge is 2.23. The Kier molecular flexibility index (Phi) is 5.26. The third kappa shape index (κ3) is 3.20. The molecule has 0 bridgehead atoms. The molecular formula is C17H23NO3. The molecule has 0 amide bonds. The van der Waals surface area contributed by atoms with Gasteiger partial charge in [-0.1, -0.05) is 30.1 Å². The summed E-state index contributed by atoms with van der Waals surface area (Å²) in [4.78, 5) is 0. The van der Waals surface area contributed by atoms with Crippen LogP contribution in [-0.4, -0.2) is 25.1 Å². The molecule has 0 spiro atoms. The third-order valence-electron chi connectivity index (χ3n) is 3.93. The Morgan fingerprint density at radius 2 is 1.90 bits per heavy atom. The van der Waals surface area contributed by atoms with E-state index in [0.29, 0.717) is 11.5 Å². The third-order valence-corrected chi connectivity index (χ3v) is 3.93. The molecule has 0 saturated carbocycles. The zero-order valence-electron chi connectivity index (χ0n) is 13.0. The first-order valence-corrected chi connectivity index (χ1v) is 7.40. The van der Waals surface area contributed by atoms with Crippen LogP contribution in [0.4, 0.5) is 0 Å². The topological polar surface area (TPSA) is 51.0 Å². The molecule has 21 heavy (non-hydrogen) atoms. The van der Waals surface area contributed by atoms with E-state index in [9.17, 15) is 5.21 Å². The second-order valence-corrected chi connectivity index (χ2v) is 5.20. The molecule has 0 heterocycles. The van der Waals surface area contributed by atoms with E-state index >= 15 is 0 Å². The fraction of sp³-hybridized carbons (Fsp3) is 0.471. The molecular weight excluding hydrogens is 266 g/mol. The van der Waals surface area contributed by atoms with Crippen LogP contribution in [0.25, 0.3) is 5.57 Å². The smallest absolute Gasteiger partial charge is 0.161 e. The Labute approximate surface area is 126 Å². The highest BCUT2D eigenvalue weighted by Crippen LogP contribution is 2.38. The van der Waals surface area contributed by atoms with E-state index in [1.807, 2.05) is 18.2 Å². The number of hydrogen-bond donors (Lipinski definition) is 1. The number of benzene rings is 1. The largest absolute Gasteiger partial charge is 0.493 e. The molecule has 1 aliphatic rings. The monoisotopic (exact) mass is 289 g/mol. The lowest BCUT2D eigenvalue weighted by molar-refractivity contribution is 0.319. The van der Waals surface area contributed by atoms with E-state index in [0.717, 1.165) is 49.0 Å². The lowest BCUT2D eigenvalue weighted by Crippen LogP contribution is -1.99. The second-order valence-electron chi connectivity index (χ2n) is 5.20. The Morgan fingerprint density at radius 1 is 1.14 bits per heavy atom. The SMILES string of the molecule is CCCCC1=C(c2ccc(OC)c(OC)c2)/C(=N/O)CC1. The van der Waals surface area contributed by atoms with Gasteiger partial charge in [-0.15, -0.1) is 0 Å². The van der Waals surface area contributed by atoms with Gasteiger partial charge in [0.25, 0.3) is 0 Å². The normalized spacial score (nSPS) is 16.6. The van der Waals surface area contributed by atoms with Gasteiger partial charge in [0.15, 0.2) is 11.5 Å². The molecule has 4 nitrogen and oxygen atoms in total. The molecule has 0 radical (unpaired) electrons. The first-order valence-electron chi connectivity index (χ1n) is 7.40. The van der Waals surface area contributed by atoms with Crippen molar-refractivity contribution >= 4 is 11.3 Å². The molecule has 1 aromatic rings. The number of unbranched alkanes of at least 4 members (excludes halogenated alkanes) is 1. The fourth-order valence-corrected chi connectivity index (χ4v) is 2.83. The minimum Gasteiger partial charge on any atom is -0.493 e. The molecule has 4 heteroatoms. The van der Waals surface area contributed by atoms with E-state index in [4.69, 9.17) is 9.47 Å². The molecule has 0 fully saturated rings. The van der Waals surface area contributed by atoms with E-state index < -0.39 is 0 Å². The van der Waals surface area contributed by atoms with Gasteiger partial charge in [0.1, 0.15) is 0 Å². The van der Waals surface area contributed by atoms with Crippen LogP contribution in [-0.2, 0) is 0 Å². The molecule has 0 aromatic heterocycles. The van der Waals surface area contributed by atoms with Crippen molar-refractivity contribution in [2.75, 3.05) is 14.2 Å². The lowest BCUT2D eigenvalue weighted by atomic mass is 9.97. The molecule has 1 N–H and O–H groups in total. The van der Waals surface area contributed by atoms with Gasteiger partial charge in [-0.3, -0.25) is 0 Å². The van der Waals surface area contributed by atoms with E-state index in [2.05, 4.69) is 12.1 Å². The number of rotatable bonds is 6. The van der Waals surface area contributed by atoms with Crippen LogP contribution in [0.15, 0.2) is 28.9 Å². The fourth-order valence-electron chi connectivity index (χ4n) is 2.83. The molecule has 1 aliphatic carbocycles. The lowest BCUT2D eigenvalue weighted by Gasteiger charge is -2.12. The number of methoxy groups -OCH3 is 2. The van der Waals surface area contributed by atoms with Crippen LogP contribution in [0.1, 0.15) is 44.6 Å². The summed E-state index contributed by atoms with van der Waals surface area (Å²) in [5.41, 5.74) is 4.25. The number of nitrogens with zero attached hydrogens (tertiary/aromatic N) is 1. The summed E-state index contributed by atoms with van der Waals surface area (Å²) in [6, 6.07) is 5.85. The highest BCUT2D eigenvalue weighted by atomic mass is 16.5. The maximum atomic E-state index is 9.27. The quantitative estimate of drug-likeness (QED) is 0.628. The van der Waals surface area contributed by atoms with Crippen molar-refractivity contribution in [2.45, 2.75) is 39.0 Å². The summed E-state index contributed by atoms with van der Waals surface area (Å²) in [7, 11) is 3.25. The molecule has 1 aromatic carbocycles. The Morgan fingerprint density at radius 3 is 2.52 bits per heavy atom. The van der Waals surface area contributed by atoms with Gasteiger partial charge < -0.3 is 14.7 Å². The van der Waals surface area contributed by atoms with Crippen molar-refractivity contribution in [1.82, 2.24) is 0 Å². The van der Waals surface area contributed by atoms with Gasteiger partial charge in [-0.2, -0.15) is 0 Å². The summed E-state index contributed by atoms with van der Waals surface area (Å²) >= 11 is 0. The maximum absolute atomic E-state index is 9.27. The van der Waals surface area contributed by atoms with Crippen molar-refractivity contribution in [1.29, 1.82) is 0 Å². The molecule has 0 atom stereocenters. The molecule has 0 saturated heterocycles. The second kappa shape index (κ2) is 7.16. The minimum atomic E-state index is 0.696.